The fraction of sp³-hybridized carbons (Fsp3) is 0.235. The van der Waals surface area contributed by atoms with Gasteiger partial charge in [-0.1, -0.05) is 36.4 Å². The number of rotatable bonds is 7. The Morgan fingerprint density at radius 1 is 1.00 bits per heavy atom. The Kier molecular flexibility index (Phi) is 7.95. The summed E-state index contributed by atoms with van der Waals surface area (Å²) >= 11 is 1.79. The predicted octanol–water partition coefficient (Wildman–Crippen LogP) is 4.37. The summed E-state index contributed by atoms with van der Waals surface area (Å²) in [6.45, 7) is 0. The van der Waals surface area contributed by atoms with Crippen molar-refractivity contribution in [2.75, 3.05) is 11.5 Å². The first kappa shape index (κ1) is 17.6. The van der Waals surface area contributed by atoms with Gasteiger partial charge < -0.3 is 5.73 Å². The number of hydrogen-bond donors (Lipinski definition) is 1. The first-order valence-corrected chi connectivity index (χ1v) is 7.77. The summed E-state index contributed by atoms with van der Waals surface area (Å²) in [5.41, 5.74) is 7.49. The van der Waals surface area contributed by atoms with Crippen LogP contribution in [0.25, 0.3) is 0 Å². The zero-order valence-corrected chi connectivity index (χ0v) is 13.5. The second-order valence-electron chi connectivity index (χ2n) is 4.68. The summed E-state index contributed by atoms with van der Waals surface area (Å²) in [5, 5.41) is 0. The first-order valence-electron chi connectivity index (χ1n) is 6.78. The molecular weight excluding hydrogens is 302 g/mol. The van der Waals surface area contributed by atoms with Gasteiger partial charge in [-0.25, -0.2) is 0 Å². The number of Topliss-reactive ketones (excluding diaryl/α,β-unsaturated/α-hetero) is 1. The van der Waals surface area contributed by atoms with Gasteiger partial charge in [-0.3, -0.25) is 4.79 Å². The van der Waals surface area contributed by atoms with Crippen molar-refractivity contribution in [3.63, 3.8) is 0 Å². The van der Waals surface area contributed by atoms with Crippen LogP contribution >= 0.6 is 24.2 Å². The number of anilines is 1. The third-order valence-electron chi connectivity index (χ3n) is 3.05. The van der Waals surface area contributed by atoms with Crippen LogP contribution in [0.15, 0.2) is 59.5 Å². The lowest BCUT2D eigenvalue weighted by Gasteiger charge is -2.05. The van der Waals surface area contributed by atoms with E-state index in [1.54, 1.807) is 11.8 Å². The molecule has 0 aliphatic carbocycles. The van der Waals surface area contributed by atoms with Crippen LogP contribution in [0.2, 0.25) is 0 Å². The number of benzene rings is 2. The zero-order chi connectivity index (χ0) is 14.2. The molecule has 0 bridgehead atoms. The van der Waals surface area contributed by atoms with Gasteiger partial charge in [0.05, 0.1) is 0 Å². The maximum Gasteiger partial charge on any atom is 0.137 e. The molecule has 0 fully saturated rings. The number of hydrogen-bond acceptors (Lipinski definition) is 3. The van der Waals surface area contributed by atoms with Crippen LogP contribution < -0.4 is 5.73 Å². The Morgan fingerprint density at radius 2 is 1.67 bits per heavy atom. The molecular formula is C17H20ClNOS. The molecule has 4 heteroatoms. The minimum atomic E-state index is 0. The van der Waals surface area contributed by atoms with Crippen molar-refractivity contribution in [3.8, 4) is 0 Å². The van der Waals surface area contributed by atoms with Gasteiger partial charge in [-0.2, -0.15) is 0 Å². The maximum absolute atomic E-state index is 11.9. The van der Waals surface area contributed by atoms with Crippen LogP contribution in [0.1, 0.15) is 18.4 Å². The third-order valence-corrected chi connectivity index (χ3v) is 4.15. The molecule has 2 aromatic carbocycles. The molecule has 0 atom stereocenters. The molecule has 2 nitrogen and oxygen atoms in total. The highest BCUT2D eigenvalue weighted by molar-refractivity contribution is 7.99. The smallest absolute Gasteiger partial charge is 0.137 e. The molecule has 0 radical (unpaired) electrons. The number of nitrogens with two attached hydrogens (primary N) is 1. The highest BCUT2D eigenvalue weighted by Crippen LogP contribution is 2.19. The van der Waals surface area contributed by atoms with E-state index < -0.39 is 0 Å². The number of carbonyl (C=O) groups is 1. The minimum absolute atomic E-state index is 0. The number of para-hydroxylation sites is 1. The van der Waals surface area contributed by atoms with Gasteiger partial charge >= 0.3 is 0 Å². The van der Waals surface area contributed by atoms with Gasteiger partial charge in [0, 0.05) is 23.4 Å². The Bertz CT molecular complexity index is 560. The first-order chi connectivity index (χ1) is 9.75. The Morgan fingerprint density at radius 3 is 2.38 bits per heavy atom. The van der Waals surface area contributed by atoms with Crippen LogP contribution in [0.5, 0.6) is 0 Å². The molecule has 0 unspecified atom stereocenters. The van der Waals surface area contributed by atoms with Crippen molar-refractivity contribution < 1.29 is 4.79 Å². The lowest BCUT2D eigenvalue weighted by Crippen LogP contribution is -2.05. The Hall–Kier alpha value is -1.45. The van der Waals surface area contributed by atoms with Crippen LogP contribution in [0.3, 0.4) is 0 Å². The molecule has 0 aliphatic rings. The standard InChI is InChI=1S/C17H19NOS.ClH/c18-17-11-5-4-7-14(17)13-15(19)8-6-12-20-16-9-2-1-3-10-16;/h1-5,7,9-11H,6,8,12-13,18H2;1H. The molecule has 0 saturated heterocycles. The Labute approximate surface area is 136 Å². The highest BCUT2D eigenvalue weighted by Gasteiger charge is 2.06. The van der Waals surface area contributed by atoms with Gasteiger partial charge in [0.2, 0.25) is 0 Å². The number of ketones is 1. The van der Waals surface area contributed by atoms with Crippen LogP contribution in [0, 0.1) is 0 Å². The van der Waals surface area contributed by atoms with Gasteiger partial charge in [0.15, 0.2) is 0 Å². The topological polar surface area (TPSA) is 43.1 Å². The molecule has 112 valence electrons. The highest BCUT2D eigenvalue weighted by atomic mass is 35.5. The van der Waals surface area contributed by atoms with E-state index in [2.05, 4.69) is 12.1 Å². The zero-order valence-electron chi connectivity index (χ0n) is 11.8. The average Bonchev–Trinajstić information content (AvgIpc) is 2.47. The predicted molar refractivity (Wildman–Crippen MR) is 93.2 cm³/mol. The van der Waals surface area contributed by atoms with E-state index in [0.29, 0.717) is 18.5 Å². The molecule has 0 saturated carbocycles. The fourth-order valence-electron chi connectivity index (χ4n) is 1.97. The van der Waals surface area contributed by atoms with E-state index in [9.17, 15) is 4.79 Å². The largest absolute Gasteiger partial charge is 0.398 e. The van der Waals surface area contributed by atoms with Crippen LogP contribution in [0.4, 0.5) is 5.69 Å². The number of carbonyl (C=O) groups excluding carboxylic acids is 1. The summed E-state index contributed by atoms with van der Waals surface area (Å²) in [5.74, 6) is 1.23. The van der Waals surface area contributed by atoms with E-state index >= 15 is 0 Å². The summed E-state index contributed by atoms with van der Waals surface area (Å²) in [7, 11) is 0. The molecule has 0 aliphatic heterocycles. The fourth-order valence-corrected chi connectivity index (χ4v) is 2.85. The van der Waals surface area contributed by atoms with Gasteiger partial charge in [0.1, 0.15) is 5.78 Å². The Balaban J connectivity index is 0.00000220. The van der Waals surface area contributed by atoms with Crippen molar-refractivity contribution in [1.29, 1.82) is 0 Å². The SMILES string of the molecule is Cl.Nc1ccccc1CC(=O)CCCSc1ccccc1. The van der Waals surface area contributed by atoms with Gasteiger partial charge in [0.25, 0.3) is 0 Å². The summed E-state index contributed by atoms with van der Waals surface area (Å²) < 4.78 is 0. The van der Waals surface area contributed by atoms with Gasteiger partial charge in [-0.05, 0) is 35.9 Å². The molecule has 21 heavy (non-hydrogen) atoms. The van der Waals surface area contributed by atoms with E-state index in [0.717, 1.165) is 17.7 Å². The molecule has 2 aromatic rings. The molecule has 2 N–H and O–H groups in total. The number of halogens is 1. The quantitative estimate of drug-likeness (QED) is 0.467. The summed E-state index contributed by atoms with van der Waals surface area (Å²) in [6.07, 6.45) is 1.97. The molecule has 0 spiro atoms. The normalized spacial score (nSPS) is 9.90. The lowest BCUT2D eigenvalue weighted by molar-refractivity contribution is -0.118. The molecule has 0 aromatic heterocycles. The minimum Gasteiger partial charge on any atom is -0.398 e. The second-order valence-corrected chi connectivity index (χ2v) is 5.85. The third kappa shape index (κ3) is 6.23. The van der Waals surface area contributed by atoms with Crippen molar-refractivity contribution in [3.05, 3.63) is 60.2 Å². The van der Waals surface area contributed by atoms with Gasteiger partial charge in [-0.15, -0.1) is 24.2 Å². The van der Waals surface area contributed by atoms with E-state index in [1.165, 1.54) is 4.90 Å². The summed E-state index contributed by atoms with van der Waals surface area (Å²) in [4.78, 5) is 13.2. The van der Waals surface area contributed by atoms with Crippen molar-refractivity contribution in [1.82, 2.24) is 0 Å². The van der Waals surface area contributed by atoms with Crippen LogP contribution in [-0.2, 0) is 11.2 Å². The van der Waals surface area contributed by atoms with Crippen molar-refractivity contribution in [2.24, 2.45) is 0 Å². The molecule has 2 rings (SSSR count). The number of thioether (sulfide) groups is 1. The van der Waals surface area contributed by atoms with Crippen molar-refractivity contribution >= 4 is 35.6 Å². The lowest BCUT2D eigenvalue weighted by atomic mass is 10.0. The monoisotopic (exact) mass is 321 g/mol. The van der Waals surface area contributed by atoms with Crippen molar-refractivity contribution in [2.45, 2.75) is 24.2 Å². The molecule has 0 heterocycles. The second kappa shape index (κ2) is 9.48. The summed E-state index contributed by atoms with van der Waals surface area (Å²) in [6, 6.07) is 17.8. The number of nitrogen functional groups attached to an aromatic ring is 1. The molecule has 0 amide bonds. The van der Waals surface area contributed by atoms with E-state index in [4.69, 9.17) is 5.73 Å². The maximum atomic E-state index is 11.9. The van der Waals surface area contributed by atoms with E-state index in [1.807, 2.05) is 42.5 Å². The average molecular weight is 322 g/mol. The van der Waals surface area contributed by atoms with E-state index in [-0.39, 0.29) is 18.2 Å². The van der Waals surface area contributed by atoms with Crippen LogP contribution in [-0.4, -0.2) is 11.5 Å².